The lowest BCUT2D eigenvalue weighted by Gasteiger charge is -2.09. The van der Waals surface area contributed by atoms with Crippen LogP contribution in [0.4, 0.5) is 0 Å². The summed E-state index contributed by atoms with van der Waals surface area (Å²) < 4.78 is 30.6. The van der Waals surface area contributed by atoms with Crippen LogP contribution in [0.15, 0.2) is 34.5 Å². The van der Waals surface area contributed by atoms with Crippen LogP contribution in [0.3, 0.4) is 0 Å². The Bertz CT molecular complexity index is 842. The zero-order chi connectivity index (χ0) is 17.9. The molecule has 0 atom stereocenters. The molecule has 1 heterocycles. The fourth-order valence-corrected chi connectivity index (χ4v) is 4.52. The molecule has 0 unspecified atom stereocenters. The van der Waals surface area contributed by atoms with Crippen LogP contribution >= 0.6 is 11.3 Å². The number of sulfonamides is 1. The fourth-order valence-electron chi connectivity index (χ4n) is 2.05. The molecule has 0 spiro atoms. The Morgan fingerprint density at radius 1 is 1.25 bits per heavy atom. The van der Waals surface area contributed by atoms with E-state index >= 15 is 0 Å². The number of benzene rings is 1. The maximum absolute atomic E-state index is 12.3. The van der Waals surface area contributed by atoms with Crippen LogP contribution < -0.4 is 10.1 Å². The van der Waals surface area contributed by atoms with Gasteiger partial charge in [0.1, 0.15) is 9.96 Å². The smallest absolute Gasteiger partial charge is 0.252 e. The summed E-state index contributed by atoms with van der Waals surface area (Å²) in [7, 11) is 1.12. The van der Waals surface area contributed by atoms with Gasteiger partial charge in [0.05, 0.1) is 13.7 Å². The van der Waals surface area contributed by atoms with Gasteiger partial charge in [0.25, 0.3) is 15.9 Å². The SMILES string of the molecule is COc1ccc(C(=O)NCc2ccc(S(=O)(=O)N(C)C)s2)c(C)c1. The van der Waals surface area contributed by atoms with Crippen molar-refractivity contribution in [2.45, 2.75) is 17.7 Å². The molecule has 1 N–H and O–H groups in total. The Hall–Kier alpha value is -1.90. The normalized spacial score (nSPS) is 11.5. The number of carbonyl (C=O) groups is 1. The minimum Gasteiger partial charge on any atom is -0.497 e. The number of thiophene rings is 1. The van der Waals surface area contributed by atoms with Gasteiger partial charge in [-0.25, -0.2) is 12.7 Å². The molecule has 130 valence electrons. The van der Waals surface area contributed by atoms with Crippen molar-refractivity contribution in [1.82, 2.24) is 9.62 Å². The van der Waals surface area contributed by atoms with Crippen LogP contribution in [0, 0.1) is 6.92 Å². The lowest BCUT2D eigenvalue weighted by Crippen LogP contribution is -2.23. The molecule has 1 aromatic heterocycles. The van der Waals surface area contributed by atoms with Gasteiger partial charge in [-0.05, 0) is 42.8 Å². The number of methoxy groups -OCH3 is 1. The molecule has 0 aliphatic heterocycles. The molecule has 0 saturated carbocycles. The standard InChI is InChI=1S/C16H20N2O4S2/c1-11-9-12(22-4)5-7-14(11)16(19)17-10-13-6-8-15(23-13)24(20,21)18(2)3/h5-9H,10H2,1-4H3,(H,17,19). The third-order valence-corrected chi connectivity index (χ3v) is 6.84. The van der Waals surface area contributed by atoms with Crippen molar-refractivity contribution in [3.63, 3.8) is 0 Å². The first kappa shape index (κ1) is 18.4. The van der Waals surface area contributed by atoms with Crippen LogP contribution in [0.5, 0.6) is 5.75 Å². The van der Waals surface area contributed by atoms with E-state index in [1.165, 1.54) is 18.4 Å². The molecule has 0 bridgehead atoms. The Morgan fingerprint density at radius 2 is 1.96 bits per heavy atom. The zero-order valence-corrected chi connectivity index (χ0v) is 15.6. The number of amides is 1. The molecule has 0 aliphatic carbocycles. The van der Waals surface area contributed by atoms with E-state index in [9.17, 15) is 13.2 Å². The summed E-state index contributed by atoms with van der Waals surface area (Å²) in [6.45, 7) is 2.11. The van der Waals surface area contributed by atoms with E-state index in [2.05, 4.69) is 5.32 Å². The molecule has 2 rings (SSSR count). The Balaban J connectivity index is 2.06. The number of ether oxygens (including phenoxy) is 1. The predicted octanol–water partition coefficient (Wildman–Crippen LogP) is 2.25. The Labute approximate surface area is 146 Å². The van der Waals surface area contributed by atoms with Crippen LogP contribution in [0.1, 0.15) is 20.8 Å². The van der Waals surface area contributed by atoms with Crippen molar-refractivity contribution in [3.8, 4) is 5.75 Å². The van der Waals surface area contributed by atoms with Crippen LogP contribution in [0.25, 0.3) is 0 Å². The summed E-state index contributed by atoms with van der Waals surface area (Å²) in [4.78, 5) is 13.0. The molecular weight excluding hydrogens is 348 g/mol. The summed E-state index contributed by atoms with van der Waals surface area (Å²) in [5, 5.41) is 2.81. The highest BCUT2D eigenvalue weighted by Gasteiger charge is 2.19. The van der Waals surface area contributed by atoms with E-state index in [0.717, 1.165) is 21.8 Å². The average Bonchev–Trinajstić information content (AvgIpc) is 3.02. The second-order valence-electron chi connectivity index (χ2n) is 5.37. The van der Waals surface area contributed by atoms with Crippen molar-refractivity contribution in [2.24, 2.45) is 0 Å². The van der Waals surface area contributed by atoms with Gasteiger partial charge in [0, 0.05) is 24.5 Å². The first-order chi connectivity index (χ1) is 11.3. The van der Waals surface area contributed by atoms with Gasteiger partial charge in [-0.15, -0.1) is 11.3 Å². The number of nitrogens with zero attached hydrogens (tertiary/aromatic N) is 1. The van der Waals surface area contributed by atoms with Crippen molar-refractivity contribution in [1.29, 1.82) is 0 Å². The third-order valence-electron chi connectivity index (χ3n) is 3.47. The number of hydrogen-bond donors (Lipinski definition) is 1. The van der Waals surface area contributed by atoms with Crippen molar-refractivity contribution < 1.29 is 17.9 Å². The predicted molar refractivity (Wildman–Crippen MR) is 94.1 cm³/mol. The fraction of sp³-hybridized carbons (Fsp3) is 0.312. The van der Waals surface area contributed by atoms with Gasteiger partial charge >= 0.3 is 0 Å². The number of carbonyl (C=O) groups excluding carboxylic acids is 1. The van der Waals surface area contributed by atoms with Gasteiger partial charge in [-0.3, -0.25) is 4.79 Å². The number of aryl methyl sites for hydroxylation is 1. The maximum Gasteiger partial charge on any atom is 0.252 e. The van der Waals surface area contributed by atoms with Crippen LogP contribution in [0.2, 0.25) is 0 Å². The molecule has 24 heavy (non-hydrogen) atoms. The van der Waals surface area contributed by atoms with Crippen molar-refractivity contribution >= 4 is 27.3 Å². The molecule has 1 aromatic carbocycles. The summed E-state index contributed by atoms with van der Waals surface area (Å²) in [5.74, 6) is 0.487. The van der Waals surface area contributed by atoms with Gasteiger partial charge in [-0.1, -0.05) is 0 Å². The van der Waals surface area contributed by atoms with E-state index < -0.39 is 10.0 Å². The molecule has 0 fully saturated rings. The topological polar surface area (TPSA) is 75.7 Å². The Kier molecular flexibility index (Phi) is 5.63. The van der Waals surface area contributed by atoms with Gasteiger partial charge < -0.3 is 10.1 Å². The van der Waals surface area contributed by atoms with Gasteiger partial charge in [0.15, 0.2) is 0 Å². The van der Waals surface area contributed by atoms with Gasteiger partial charge in [-0.2, -0.15) is 0 Å². The molecule has 0 saturated heterocycles. The van der Waals surface area contributed by atoms with Crippen LogP contribution in [-0.4, -0.2) is 39.8 Å². The second kappa shape index (κ2) is 7.33. The monoisotopic (exact) mass is 368 g/mol. The Morgan fingerprint density at radius 3 is 2.54 bits per heavy atom. The molecule has 6 nitrogen and oxygen atoms in total. The summed E-state index contributed by atoms with van der Waals surface area (Å²) >= 11 is 1.15. The van der Waals surface area contributed by atoms with E-state index in [-0.39, 0.29) is 16.7 Å². The van der Waals surface area contributed by atoms with E-state index in [0.29, 0.717) is 11.3 Å². The van der Waals surface area contributed by atoms with Crippen molar-refractivity contribution in [2.75, 3.05) is 21.2 Å². The molecule has 1 amide bonds. The van der Waals surface area contributed by atoms with E-state index in [1.54, 1.807) is 37.4 Å². The lowest BCUT2D eigenvalue weighted by atomic mass is 10.1. The second-order valence-corrected chi connectivity index (χ2v) is 8.92. The van der Waals surface area contributed by atoms with E-state index in [1.807, 2.05) is 6.92 Å². The largest absolute Gasteiger partial charge is 0.497 e. The quantitative estimate of drug-likeness (QED) is 0.848. The molecular formula is C16H20N2O4S2. The summed E-state index contributed by atoms with van der Waals surface area (Å²) in [6, 6.07) is 8.50. The number of hydrogen-bond acceptors (Lipinski definition) is 5. The van der Waals surface area contributed by atoms with E-state index in [4.69, 9.17) is 4.74 Å². The number of rotatable bonds is 6. The minimum atomic E-state index is -3.44. The highest BCUT2D eigenvalue weighted by Crippen LogP contribution is 2.24. The highest BCUT2D eigenvalue weighted by atomic mass is 32.2. The zero-order valence-electron chi connectivity index (χ0n) is 14.0. The highest BCUT2D eigenvalue weighted by molar-refractivity contribution is 7.91. The lowest BCUT2D eigenvalue weighted by molar-refractivity contribution is 0.0950. The number of nitrogens with one attached hydrogen (secondary N) is 1. The van der Waals surface area contributed by atoms with Crippen LogP contribution in [-0.2, 0) is 16.6 Å². The van der Waals surface area contributed by atoms with Gasteiger partial charge in [0.2, 0.25) is 0 Å². The van der Waals surface area contributed by atoms with Crippen molar-refractivity contribution in [3.05, 3.63) is 46.3 Å². The first-order valence-electron chi connectivity index (χ1n) is 7.20. The molecule has 2 aromatic rings. The third kappa shape index (κ3) is 3.95. The summed E-state index contributed by atoms with van der Waals surface area (Å²) in [6.07, 6.45) is 0. The maximum atomic E-state index is 12.3. The molecule has 0 aliphatic rings. The molecule has 8 heteroatoms. The molecule has 0 radical (unpaired) electrons. The summed E-state index contributed by atoms with van der Waals surface area (Å²) in [5.41, 5.74) is 1.38. The first-order valence-corrected chi connectivity index (χ1v) is 9.45. The minimum absolute atomic E-state index is 0.208. The average molecular weight is 368 g/mol.